The van der Waals surface area contributed by atoms with Gasteiger partial charge in [-0.25, -0.2) is 0 Å². The number of rotatable bonds is 5. The Labute approximate surface area is 108 Å². The number of hydrogen-bond donors (Lipinski definition) is 2. The fourth-order valence-electron chi connectivity index (χ4n) is 1.61. The lowest BCUT2D eigenvalue weighted by Crippen LogP contribution is -2.39. The number of nitrogens with one attached hydrogen (secondary N) is 1. The van der Waals surface area contributed by atoms with Gasteiger partial charge in [0.25, 0.3) is 5.91 Å². The smallest absolute Gasteiger partial charge is 0.329 e. The lowest BCUT2D eigenvalue weighted by atomic mass is 10.2. The summed E-state index contributed by atoms with van der Waals surface area (Å²) in [4.78, 5) is 16.6. The lowest BCUT2D eigenvalue weighted by Gasteiger charge is -2.24. The van der Waals surface area contributed by atoms with E-state index in [1.54, 1.807) is 6.92 Å². The van der Waals surface area contributed by atoms with Crippen molar-refractivity contribution in [2.75, 3.05) is 18.5 Å². The first kappa shape index (κ1) is 15.2. The van der Waals surface area contributed by atoms with Crippen molar-refractivity contribution in [3.63, 3.8) is 0 Å². The number of nitrogen functional groups attached to an aromatic ring is 1. The van der Waals surface area contributed by atoms with E-state index in [0.717, 1.165) is 4.90 Å². The van der Waals surface area contributed by atoms with Crippen LogP contribution < -0.4 is 11.3 Å². The SMILES string of the molecule is CCCN(CC(F)(F)F)C(=O)c1ccncc1NN. The van der Waals surface area contributed by atoms with Crippen molar-refractivity contribution < 1.29 is 18.0 Å². The van der Waals surface area contributed by atoms with Crippen LogP contribution in [0.2, 0.25) is 0 Å². The fraction of sp³-hybridized carbons (Fsp3) is 0.455. The Morgan fingerprint density at radius 3 is 2.74 bits per heavy atom. The Morgan fingerprint density at radius 1 is 1.53 bits per heavy atom. The fourth-order valence-corrected chi connectivity index (χ4v) is 1.61. The molecule has 5 nitrogen and oxygen atoms in total. The maximum absolute atomic E-state index is 12.4. The molecule has 0 aliphatic heterocycles. The third-order valence-corrected chi connectivity index (χ3v) is 2.36. The second kappa shape index (κ2) is 6.37. The standard InChI is InChI=1S/C11H15F3N4O/c1-2-5-18(7-11(12,13)14)10(19)8-3-4-16-6-9(8)17-15/h3-4,6,17H,2,5,7,15H2,1H3. The number of carbonyl (C=O) groups excluding carboxylic acids is 1. The molecule has 0 saturated carbocycles. The largest absolute Gasteiger partial charge is 0.406 e. The van der Waals surface area contributed by atoms with E-state index < -0.39 is 18.6 Å². The van der Waals surface area contributed by atoms with Gasteiger partial charge in [0.1, 0.15) is 6.54 Å². The van der Waals surface area contributed by atoms with Crippen molar-refractivity contribution in [2.24, 2.45) is 5.84 Å². The molecule has 1 heterocycles. The highest BCUT2D eigenvalue weighted by atomic mass is 19.4. The van der Waals surface area contributed by atoms with E-state index in [2.05, 4.69) is 10.4 Å². The quantitative estimate of drug-likeness (QED) is 0.635. The third kappa shape index (κ3) is 4.40. The van der Waals surface area contributed by atoms with E-state index in [1.165, 1.54) is 18.5 Å². The number of nitrogens with zero attached hydrogens (tertiary/aromatic N) is 2. The molecule has 0 fully saturated rings. The summed E-state index contributed by atoms with van der Waals surface area (Å²) in [5, 5.41) is 0. The van der Waals surface area contributed by atoms with Crippen molar-refractivity contribution in [3.8, 4) is 0 Å². The summed E-state index contributed by atoms with van der Waals surface area (Å²) in [6.45, 7) is 0.433. The maximum Gasteiger partial charge on any atom is 0.406 e. The van der Waals surface area contributed by atoms with Gasteiger partial charge in [-0.05, 0) is 12.5 Å². The summed E-state index contributed by atoms with van der Waals surface area (Å²) in [5.74, 6) is 4.48. The van der Waals surface area contributed by atoms with Crippen LogP contribution in [0.1, 0.15) is 23.7 Å². The first-order valence-electron chi connectivity index (χ1n) is 5.65. The van der Waals surface area contributed by atoms with Crippen molar-refractivity contribution in [2.45, 2.75) is 19.5 Å². The topological polar surface area (TPSA) is 71.2 Å². The molecule has 0 aliphatic carbocycles. The normalized spacial score (nSPS) is 11.2. The predicted octanol–water partition coefficient (Wildman–Crippen LogP) is 1.78. The monoisotopic (exact) mass is 276 g/mol. The van der Waals surface area contributed by atoms with Crippen LogP contribution in [0.4, 0.5) is 18.9 Å². The minimum Gasteiger partial charge on any atom is -0.329 e. The van der Waals surface area contributed by atoms with Gasteiger partial charge < -0.3 is 10.3 Å². The minimum atomic E-state index is -4.44. The summed E-state index contributed by atoms with van der Waals surface area (Å²) in [6.07, 6.45) is -1.40. The van der Waals surface area contributed by atoms with E-state index >= 15 is 0 Å². The number of hydrazine groups is 1. The minimum absolute atomic E-state index is 0.0185. The van der Waals surface area contributed by atoms with Crippen LogP contribution >= 0.6 is 0 Å². The summed E-state index contributed by atoms with van der Waals surface area (Å²) < 4.78 is 37.3. The number of hydrogen-bond acceptors (Lipinski definition) is 4. The van der Waals surface area contributed by atoms with Crippen LogP contribution in [0.5, 0.6) is 0 Å². The number of carbonyl (C=O) groups is 1. The molecule has 0 atom stereocenters. The molecule has 0 spiro atoms. The Bertz CT molecular complexity index is 436. The van der Waals surface area contributed by atoms with Gasteiger partial charge in [0, 0.05) is 12.7 Å². The van der Waals surface area contributed by atoms with Crippen LogP contribution in [-0.2, 0) is 0 Å². The zero-order valence-corrected chi connectivity index (χ0v) is 10.4. The Hall–Kier alpha value is -1.83. The van der Waals surface area contributed by atoms with E-state index in [9.17, 15) is 18.0 Å². The van der Waals surface area contributed by atoms with Crippen LogP contribution in [0, 0.1) is 0 Å². The van der Waals surface area contributed by atoms with E-state index in [-0.39, 0.29) is 17.8 Å². The van der Waals surface area contributed by atoms with Crippen molar-refractivity contribution in [1.82, 2.24) is 9.88 Å². The molecule has 0 unspecified atom stereocenters. The molecule has 0 aliphatic rings. The molecule has 19 heavy (non-hydrogen) atoms. The van der Waals surface area contributed by atoms with Gasteiger partial charge in [-0.3, -0.25) is 15.6 Å². The summed E-state index contributed by atoms with van der Waals surface area (Å²) >= 11 is 0. The van der Waals surface area contributed by atoms with Gasteiger partial charge in [0.05, 0.1) is 17.4 Å². The van der Waals surface area contributed by atoms with Gasteiger partial charge in [-0.15, -0.1) is 0 Å². The Balaban J connectivity index is 2.99. The number of anilines is 1. The highest BCUT2D eigenvalue weighted by Crippen LogP contribution is 2.20. The molecule has 0 aromatic carbocycles. The Kier molecular flexibility index (Phi) is 5.11. The zero-order chi connectivity index (χ0) is 14.5. The number of aromatic nitrogens is 1. The van der Waals surface area contributed by atoms with Crippen molar-refractivity contribution in [3.05, 3.63) is 24.0 Å². The average Bonchev–Trinajstić information content (AvgIpc) is 2.36. The van der Waals surface area contributed by atoms with Gasteiger partial charge in [-0.2, -0.15) is 13.2 Å². The molecule has 8 heteroatoms. The molecular weight excluding hydrogens is 261 g/mol. The molecule has 1 aromatic rings. The number of halogens is 3. The summed E-state index contributed by atoms with van der Waals surface area (Å²) in [6, 6.07) is 1.33. The molecule has 1 aromatic heterocycles. The first-order valence-corrected chi connectivity index (χ1v) is 5.65. The number of pyridine rings is 1. The maximum atomic E-state index is 12.4. The van der Waals surface area contributed by atoms with Crippen LogP contribution in [0.25, 0.3) is 0 Å². The van der Waals surface area contributed by atoms with Crippen molar-refractivity contribution in [1.29, 1.82) is 0 Å². The lowest BCUT2D eigenvalue weighted by molar-refractivity contribution is -0.140. The first-order chi connectivity index (χ1) is 8.89. The van der Waals surface area contributed by atoms with Crippen LogP contribution in [0.15, 0.2) is 18.5 Å². The van der Waals surface area contributed by atoms with Crippen LogP contribution in [-0.4, -0.2) is 35.1 Å². The molecule has 106 valence electrons. The predicted molar refractivity (Wildman–Crippen MR) is 64.3 cm³/mol. The molecule has 0 radical (unpaired) electrons. The number of alkyl halides is 3. The highest BCUT2D eigenvalue weighted by Gasteiger charge is 2.33. The second-order valence-corrected chi connectivity index (χ2v) is 3.91. The van der Waals surface area contributed by atoms with Crippen LogP contribution in [0.3, 0.4) is 0 Å². The molecule has 0 saturated heterocycles. The molecule has 0 bridgehead atoms. The van der Waals surface area contributed by atoms with Crippen molar-refractivity contribution >= 4 is 11.6 Å². The summed E-state index contributed by atoms with van der Waals surface area (Å²) in [5.41, 5.74) is 2.50. The second-order valence-electron chi connectivity index (χ2n) is 3.91. The van der Waals surface area contributed by atoms with E-state index in [1.807, 2.05) is 0 Å². The van der Waals surface area contributed by atoms with Gasteiger partial charge in [0.2, 0.25) is 0 Å². The van der Waals surface area contributed by atoms with Gasteiger partial charge in [-0.1, -0.05) is 6.92 Å². The molecule has 1 rings (SSSR count). The number of amides is 1. The Morgan fingerprint density at radius 2 is 2.21 bits per heavy atom. The van der Waals surface area contributed by atoms with E-state index in [0.29, 0.717) is 6.42 Å². The van der Waals surface area contributed by atoms with Gasteiger partial charge >= 0.3 is 6.18 Å². The molecule has 3 N–H and O–H groups in total. The zero-order valence-electron chi connectivity index (χ0n) is 10.4. The van der Waals surface area contributed by atoms with E-state index in [4.69, 9.17) is 5.84 Å². The highest BCUT2D eigenvalue weighted by molar-refractivity contribution is 5.99. The summed E-state index contributed by atoms with van der Waals surface area (Å²) in [7, 11) is 0. The third-order valence-electron chi connectivity index (χ3n) is 2.36. The molecule has 1 amide bonds. The molecular formula is C11H15F3N4O. The number of nitrogens with two attached hydrogens (primary N) is 1. The average molecular weight is 276 g/mol. The van der Waals surface area contributed by atoms with Gasteiger partial charge in [0.15, 0.2) is 0 Å².